The molecule has 0 fully saturated rings. The highest BCUT2D eigenvalue weighted by Gasteiger charge is 2.10. The van der Waals surface area contributed by atoms with Gasteiger partial charge in [-0.1, -0.05) is 19.8 Å². The van der Waals surface area contributed by atoms with E-state index in [0.29, 0.717) is 25.4 Å². The van der Waals surface area contributed by atoms with Crippen LogP contribution >= 0.6 is 11.8 Å². The molecule has 1 atom stereocenters. The summed E-state index contributed by atoms with van der Waals surface area (Å²) in [6.45, 7) is 3.42. The lowest BCUT2D eigenvalue weighted by atomic mass is 9.94. The Hall–Kier alpha value is -0.910. The van der Waals surface area contributed by atoms with E-state index in [1.165, 1.54) is 0 Å². The number of aliphatic carboxylic acids is 1. The highest BCUT2D eigenvalue weighted by molar-refractivity contribution is 7.98. The molecular weight excluding hydrogens is 288 g/mol. The van der Waals surface area contributed by atoms with Crippen LogP contribution in [0, 0.1) is 5.92 Å². The smallest absolute Gasteiger partial charge is 0.314 e. The highest BCUT2D eigenvalue weighted by atomic mass is 32.2. The number of thioether (sulfide) groups is 1. The second-order valence-electron chi connectivity index (χ2n) is 5.26. The number of carbonyl (C=O) groups excluding carboxylic acids is 1. The Labute approximate surface area is 132 Å². The average Bonchev–Trinajstić information content (AvgIpc) is 2.44. The molecule has 6 heteroatoms. The lowest BCUT2D eigenvalue weighted by Crippen LogP contribution is -2.37. The van der Waals surface area contributed by atoms with E-state index in [2.05, 4.69) is 23.8 Å². The second kappa shape index (κ2) is 14.0. The summed E-state index contributed by atoms with van der Waals surface area (Å²) in [5.41, 5.74) is 0. The second-order valence-corrected chi connectivity index (χ2v) is 6.24. The summed E-state index contributed by atoms with van der Waals surface area (Å²) in [7, 11) is 0. The lowest BCUT2D eigenvalue weighted by molar-refractivity contribution is -0.137. The summed E-state index contributed by atoms with van der Waals surface area (Å²) in [5, 5.41) is 14.4. The molecule has 0 aliphatic carbocycles. The number of urea groups is 1. The molecule has 0 radical (unpaired) electrons. The molecule has 0 saturated heterocycles. The number of rotatable bonds is 13. The van der Waals surface area contributed by atoms with Crippen molar-refractivity contribution in [2.24, 2.45) is 5.92 Å². The van der Waals surface area contributed by atoms with Crippen LogP contribution in [-0.4, -0.2) is 42.2 Å². The van der Waals surface area contributed by atoms with Crippen LogP contribution in [0.2, 0.25) is 0 Å². The molecule has 0 aliphatic rings. The number of carbonyl (C=O) groups is 2. The van der Waals surface area contributed by atoms with Crippen molar-refractivity contribution in [1.82, 2.24) is 10.6 Å². The van der Waals surface area contributed by atoms with Crippen molar-refractivity contribution >= 4 is 23.8 Å². The Morgan fingerprint density at radius 2 is 1.81 bits per heavy atom. The molecule has 21 heavy (non-hydrogen) atoms. The zero-order valence-electron chi connectivity index (χ0n) is 13.3. The third kappa shape index (κ3) is 13.8. The predicted molar refractivity (Wildman–Crippen MR) is 88.9 cm³/mol. The van der Waals surface area contributed by atoms with Gasteiger partial charge in [0.25, 0.3) is 0 Å². The van der Waals surface area contributed by atoms with Crippen LogP contribution in [0.1, 0.15) is 51.9 Å². The third-order valence-corrected chi connectivity index (χ3v) is 4.06. The molecule has 0 heterocycles. The molecule has 3 N–H and O–H groups in total. The first-order valence-corrected chi connectivity index (χ1v) is 9.22. The molecule has 0 aromatic heterocycles. The van der Waals surface area contributed by atoms with Crippen LogP contribution in [0.4, 0.5) is 4.79 Å². The summed E-state index contributed by atoms with van der Waals surface area (Å²) >= 11 is 1.82. The number of amides is 2. The molecule has 0 aromatic rings. The van der Waals surface area contributed by atoms with Crippen molar-refractivity contribution in [3.05, 3.63) is 0 Å². The summed E-state index contributed by atoms with van der Waals surface area (Å²) in [4.78, 5) is 22.2. The van der Waals surface area contributed by atoms with Gasteiger partial charge in [-0.25, -0.2) is 4.79 Å². The largest absolute Gasteiger partial charge is 0.481 e. The Balaban J connectivity index is 3.66. The zero-order valence-corrected chi connectivity index (χ0v) is 14.1. The fourth-order valence-corrected chi connectivity index (χ4v) is 2.69. The zero-order chi connectivity index (χ0) is 15.9. The molecule has 0 rings (SSSR count). The van der Waals surface area contributed by atoms with Crippen LogP contribution in [-0.2, 0) is 4.79 Å². The van der Waals surface area contributed by atoms with Gasteiger partial charge in [-0.3, -0.25) is 4.79 Å². The van der Waals surface area contributed by atoms with Crippen LogP contribution in [0.25, 0.3) is 0 Å². The SMILES string of the molecule is CCCC(CCNC(=O)NCCCCSC)CCC(=O)O. The maximum absolute atomic E-state index is 11.6. The van der Waals surface area contributed by atoms with Crippen molar-refractivity contribution in [1.29, 1.82) is 0 Å². The minimum absolute atomic E-state index is 0.118. The van der Waals surface area contributed by atoms with E-state index in [9.17, 15) is 9.59 Å². The predicted octanol–water partition coefficient (Wildman–Crippen LogP) is 3.10. The van der Waals surface area contributed by atoms with E-state index in [0.717, 1.165) is 37.9 Å². The molecule has 0 spiro atoms. The normalized spacial score (nSPS) is 11.9. The number of hydrogen-bond acceptors (Lipinski definition) is 3. The third-order valence-electron chi connectivity index (χ3n) is 3.36. The van der Waals surface area contributed by atoms with Gasteiger partial charge in [0.1, 0.15) is 0 Å². The molecule has 0 saturated carbocycles. The van der Waals surface area contributed by atoms with Crippen LogP contribution in [0.5, 0.6) is 0 Å². The van der Waals surface area contributed by atoms with Gasteiger partial charge < -0.3 is 15.7 Å². The first-order chi connectivity index (χ1) is 10.1. The number of carboxylic acid groups (broad SMARTS) is 1. The minimum Gasteiger partial charge on any atom is -0.481 e. The number of hydrogen-bond donors (Lipinski definition) is 3. The van der Waals surface area contributed by atoms with Gasteiger partial charge in [-0.2, -0.15) is 11.8 Å². The summed E-state index contributed by atoms with van der Waals surface area (Å²) in [6.07, 6.45) is 8.03. The monoisotopic (exact) mass is 318 g/mol. The summed E-state index contributed by atoms with van der Waals surface area (Å²) < 4.78 is 0. The van der Waals surface area contributed by atoms with Crippen molar-refractivity contribution in [2.75, 3.05) is 25.1 Å². The van der Waals surface area contributed by atoms with Gasteiger partial charge in [0.05, 0.1) is 0 Å². The Morgan fingerprint density at radius 1 is 1.10 bits per heavy atom. The van der Waals surface area contributed by atoms with Crippen molar-refractivity contribution in [2.45, 2.75) is 51.9 Å². The average molecular weight is 318 g/mol. The first kappa shape index (κ1) is 20.1. The standard InChI is InChI=1S/C15H30N2O3S/c1-3-6-13(7-8-14(18)19)9-11-17-15(20)16-10-4-5-12-21-2/h13H,3-12H2,1-2H3,(H,18,19)(H2,16,17,20). The molecular formula is C15H30N2O3S. The Bertz CT molecular complexity index is 288. The van der Waals surface area contributed by atoms with Gasteiger partial charge in [0, 0.05) is 19.5 Å². The van der Waals surface area contributed by atoms with Gasteiger partial charge in [0.2, 0.25) is 0 Å². The fourth-order valence-electron chi connectivity index (χ4n) is 2.19. The van der Waals surface area contributed by atoms with Crippen molar-refractivity contribution < 1.29 is 14.7 Å². The highest BCUT2D eigenvalue weighted by Crippen LogP contribution is 2.17. The van der Waals surface area contributed by atoms with Gasteiger partial charge in [-0.05, 0) is 43.6 Å². The Kier molecular flexibility index (Phi) is 13.4. The maximum atomic E-state index is 11.6. The minimum atomic E-state index is -0.743. The van der Waals surface area contributed by atoms with Gasteiger partial charge >= 0.3 is 12.0 Å². The van der Waals surface area contributed by atoms with Crippen molar-refractivity contribution in [3.63, 3.8) is 0 Å². The first-order valence-electron chi connectivity index (χ1n) is 7.82. The molecule has 2 amide bonds. The molecule has 124 valence electrons. The van der Waals surface area contributed by atoms with Crippen LogP contribution in [0.15, 0.2) is 0 Å². The molecule has 0 aromatic carbocycles. The molecule has 1 unspecified atom stereocenters. The van der Waals surface area contributed by atoms with E-state index >= 15 is 0 Å². The quantitative estimate of drug-likeness (QED) is 0.456. The topological polar surface area (TPSA) is 78.4 Å². The fraction of sp³-hybridized carbons (Fsp3) is 0.867. The lowest BCUT2D eigenvalue weighted by Gasteiger charge is -2.15. The number of unbranched alkanes of at least 4 members (excludes halogenated alkanes) is 1. The number of nitrogens with one attached hydrogen (secondary N) is 2. The molecule has 0 bridgehead atoms. The van der Waals surface area contributed by atoms with E-state index in [-0.39, 0.29) is 12.5 Å². The molecule has 0 aliphatic heterocycles. The van der Waals surface area contributed by atoms with E-state index in [1.807, 2.05) is 11.8 Å². The van der Waals surface area contributed by atoms with Gasteiger partial charge in [0.15, 0.2) is 0 Å². The molecule has 5 nitrogen and oxygen atoms in total. The van der Waals surface area contributed by atoms with Gasteiger partial charge in [-0.15, -0.1) is 0 Å². The summed E-state index contributed by atoms with van der Waals surface area (Å²) in [6, 6.07) is -0.118. The number of carboxylic acids is 1. The van der Waals surface area contributed by atoms with E-state index in [4.69, 9.17) is 5.11 Å². The van der Waals surface area contributed by atoms with Crippen LogP contribution in [0.3, 0.4) is 0 Å². The van der Waals surface area contributed by atoms with Crippen LogP contribution < -0.4 is 10.6 Å². The Morgan fingerprint density at radius 3 is 2.43 bits per heavy atom. The van der Waals surface area contributed by atoms with E-state index in [1.54, 1.807) is 0 Å². The summed E-state index contributed by atoms with van der Waals surface area (Å²) in [5.74, 6) is 0.769. The van der Waals surface area contributed by atoms with Crippen molar-refractivity contribution in [3.8, 4) is 0 Å². The van der Waals surface area contributed by atoms with E-state index < -0.39 is 5.97 Å². The maximum Gasteiger partial charge on any atom is 0.314 e.